The summed E-state index contributed by atoms with van der Waals surface area (Å²) in [6.45, 7) is 4.48. The van der Waals surface area contributed by atoms with Crippen LogP contribution in [0.4, 0.5) is 10.6 Å². The van der Waals surface area contributed by atoms with Crippen molar-refractivity contribution in [1.82, 2.24) is 14.8 Å². The Morgan fingerprint density at radius 2 is 2.07 bits per heavy atom. The molecule has 3 rings (SSSR count). The summed E-state index contributed by atoms with van der Waals surface area (Å²) in [5.41, 5.74) is 2.25. The number of nitrogens with zero attached hydrogens (tertiary/aromatic N) is 5. The molecule has 1 aromatic carbocycles. The first-order valence-corrected chi connectivity index (χ1v) is 9.38. The Bertz CT molecular complexity index is 1020. The molecule has 7 nitrogen and oxygen atoms in total. The van der Waals surface area contributed by atoms with Crippen LogP contribution in [0.5, 0.6) is 5.88 Å². The van der Waals surface area contributed by atoms with Crippen molar-refractivity contribution < 1.29 is 9.53 Å². The molecule has 0 aliphatic rings. The Balaban J connectivity index is 1.93. The van der Waals surface area contributed by atoms with E-state index in [9.17, 15) is 10.1 Å². The normalized spacial score (nSPS) is 10.6. The van der Waals surface area contributed by atoms with Gasteiger partial charge in [-0.25, -0.2) is 9.78 Å². The van der Waals surface area contributed by atoms with Gasteiger partial charge >= 0.3 is 6.09 Å². The van der Waals surface area contributed by atoms with E-state index in [0.717, 1.165) is 17.7 Å². The molecule has 2 aromatic heterocycles. The number of hydrogen-bond donors (Lipinski definition) is 0. The molecule has 0 saturated carbocycles. The number of amides is 1. The summed E-state index contributed by atoms with van der Waals surface area (Å²) in [7, 11) is 1.80. The minimum atomic E-state index is -0.565. The first kappa shape index (κ1) is 20.1. The molecule has 3 aromatic rings. The van der Waals surface area contributed by atoms with Crippen LogP contribution >= 0.6 is 0 Å². The number of ether oxygens (including phenoxy) is 1. The van der Waals surface area contributed by atoms with Crippen LogP contribution in [0.15, 0.2) is 54.7 Å². The average Bonchev–Trinajstić information content (AvgIpc) is 3.06. The average molecular weight is 389 g/mol. The summed E-state index contributed by atoms with van der Waals surface area (Å²) in [5.74, 6) is 1.28. The second-order valence-corrected chi connectivity index (χ2v) is 7.15. The van der Waals surface area contributed by atoms with Crippen molar-refractivity contribution in [3.63, 3.8) is 0 Å². The fourth-order valence-corrected chi connectivity index (χ4v) is 3.00. The van der Waals surface area contributed by atoms with Crippen molar-refractivity contribution in [1.29, 1.82) is 5.26 Å². The van der Waals surface area contributed by atoms with Gasteiger partial charge in [-0.3, -0.25) is 9.58 Å². The van der Waals surface area contributed by atoms with Crippen molar-refractivity contribution in [2.45, 2.75) is 26.8 Å². The van der Waals surface area contributed by atoms with Crippen molar-refractivity contribution in [2.24, 2.45) is 13.0 Å². The first-order valence-electron chi connectivity index (χ1n) is 9.38. The number of aryl methyl sites for hydroxylation is 1. The van der Waals surface area contributed by atoms with Crippen molar-refractivity contribution in [3.05, 3.63) is 71.5 Å². The quantitative estimate of drug-likeness (QED) is 0.634. The fourth-order valence-electron chi connectivity index (χ4n) is 3.00. The number of nitriles is 1. The van der Waals surface area contributed by atoms with Gasteiger partial charge < -0.3 is 4.74 Å². The molecule has 0 unspecified atom stereocenters. The summed E-state index contributed by atoms with van der Waals surface area (Å²) in [4.78, 5) is 18.6. The highest BCUT2D eigenvalue weighted by Gasteiger charge is 2.23. The van der Waals surface area contributed by atoms with Gasteiger partial charge in [0.2, 0.25) is 5.88 Å². The summed E-state index contributed by atoms with van der Waals surface area (Å²) >= 11 is 0. The highest BCUT2D eigenvalue weighted by Crippen LogP contribution is 2.22. The number of hydrogen-bond acceptors (Lipinski definition) is 5. The van der Waals surface area contributed by atoms with Crippen molar-refractivity contribution in [2.75, 3.05) is 4.90 Å². The summed E-state index contributed by atoms with van der Waals surface area (Å²) in [6.07, 6.45) is 1.81. The Kier molecular flexibility index (Phi) is 6.25. The van der Waals surface area contributed by atoms with Gasteiger partial charge in [-0.15, -0.1) is 0 Å². The van der Waals surface area contributed by atoms with Crippen LogP contribution in [0.25, 0.3) is 0 Å². The van der Waals surface area contributed by atoms with Gasteiger partial charge in [0.1, 0.15) is 5.82 Å². The highest BCUT2D eigenvalue weighted by atomic mass is 16.6. The van der Waals surface area contributed by atoms with Gasteiger partial charge in [0.25, 0.3) is 0 Å². The molecule has 0 saturated heterocycles. The zero-order chi connectivity index (χ0) is 20.8. The van der Waals surface area contributed by atoms with Gasteiger partial charge in [-0.2, -0.15) is 10.4 Å². The van der Waals surface area contributed by atoms with Gasteiger partial charge in [0.15, 0.2) is 0 Å². The number of aromatic nitrogens is 3. The van der Waals surface area contributed by atoms with Gasteiger partial charge in [-0.05, 0) is 36.1 Å². The van der Waals surface area contributed by atoms with E-state index in [-0.39, 0.29) is 12.4 Å². The fraction of sp³-hybridized carbons (Fsp3) is 0.273. The predicted molar refractivity (Wildman–Crippen MR) is 109 cm³/mol. The molecule has 0 radical (unpaired) electrons. The zero-order valence-corrected chi connectivity index (χ0v) is 16.7. The number of carbonyl (C=O) groups is 1. The summed E-state index contributed by atoms with van der Waals surface area (Å²) in [6, 6.07) is 16.3. The van der Waals surface area contributed by atoms with Crippen LogP contribution in [0.1, 0.15) is 30.7 Å². The Morgan fingerprint density at radius 3 is 2.76 bits per heavy atom. The molecule has 29 heavy (non-hydrogen) atoms. The SMILES string of the molecule is CC(C)Cc1cc(N(Cc2cccc(C#N)c2)C(=O)Oc2ccccn2)n(C)n1. The monoisotopic (exact) mass is 389 g/mol. The Labute approximate surface area is 170 Å². The third-order valence-electron chi connectivity index (χ3n) is 4.25. The number of anilines is 1. The number of carbonyl (C=O) groups excluding carboxylic acids is 1. The van der Waals surface area contributed by atoms with Crippen molar-refractivity contribution in [3.8, 4) is 11.9 Å². The molecule has 0 fully saturated rings. The Morgan fingerprint density at radius 1 is 1.24 bits per heavy atom. The topological polar surface area (TPSA) is 84.0 Å². The van der Waals surface area contributed by atoms with Crippen LogP contribution in [-0.4, -0.2) is 20.9 Å². The molecule has 0 aliphatic heterocycles. The zero-order valence-electron chi connectivity index (χ0n) is 16.7. The van der Waals surface area contributed by atoms with E-state index in [1.165, 1.54) is 4.90 Å². The lowest BCUT2D eigenvalue weighted by Gasteiger charge is -2.21. The predicted octanol–water partition coefficient (Wildman–Crippen LogP) is 4.09. The van der Waals surface area contributed by atoms with Crippen molar-refractivity contribution >= 4 is 11.9 Å². The third kappa shape index (κ3) is 5.20. The Hall–Kier alpha value is -3.66. The van der Waals surface area contributed by atoms with E-state index in [1.54, 1.807) is 54.3 Å². The van der Waals surface area contributed by atoms with Crippen LogP contribution in [0.3, 0.4) is 0 Å². The maximum Gasteiger partial charge on any atom is 0.422 e. The second-order valence-electron chi connectivity index (χ2n) is 7.15. The minimum absolute atomic E-state index is 0.220. The molecule has 0 aliphatic carbocycles. The standard InChI is InChI=1S/C22H23N5O2/c1-16(2)11-19-13-21(26(3)25-19)27(15-18-8-6-7-17(12-18)14-23)22(28)29-20-9-4-5-10-24-20/h4-10,12-13,16H,11,15H2,1-3H3. The molecule has 0 atom stereocenters. The minimum Gasteiger partial charge on any atom is -0.391 e. The molecule has 148 valence electrons. The molecule has 7 heteroatoms. The maximum absolute atomic E-state index is 13.0. The molecule has 1 amide bonds. The number of rotatable bonds is 6. The van der Waals surface area contributed by atoms with E-state index in [4.69, 9.17) is 4.74 Å². The lowest BCUT2D eigenvalue weighted by Crippen LogP contribution is -2.34. The lowest BCUT2D eigenvalue weighted by molar-refractivity contribution is 0.205. The van der Waals surface area contributed by atoms with Crippen LogP contribution in [0.2, 0.25) is 0 Å². The van der Waals surface area contributed by atoms with Gasteiger partial charge in [0.05, 0.1) is 23.9 Å². The van der Waals surface area contributed by atoms with Gasteiger partial charge in [0, 0.05) is 25.4 Å². The second kappa shape index (κ2) is 9.02. The van der Waals surface area contributed by atoms with Crippen LogP contribution in [0, 0.1) is 17.2 Å². The lowest BCUT2D eigenvalue weighted by atomic mass is 10.1. The van der Waals surface area contributed by atoms with Crippen LogP contribution < -0.4 is 9.64 Å². The summed E-state index contributed by atoms with van der Waals surface area (Å²) < 4.78 is 7.15. The molecular weight excluding hydrogens is 366 g/mol. The molecule has 0 spiro atoms. The number of pyridine rings is 1. The molecule has 0 N–H and O–H groups in total. The number of benzene rings is 1. The molecule has 0 bridgehead atoms. The van der Waals surface area contributed by atoms with Gasteiger partial charge in [-0.1, -0.05) is 32.0 Å². The van der Waals surface area contributed by atoms with E-state index in [1.807, 2.05) is 12.1 Å². The van der Waals surface area contributed by atoms with E-state index in [2.05, 4.69) is 30.0 Å². The van der Waals surface area contributed by atoms with Crippen LogP contribution in [-0.2, 0) is 20.0 Å². The molecule has 2 heterocycles. The first-order chi connectivity index (χ1) is 14.0. The summed E-state index contributed by atoms with van der Waals surface area (Å²) in [5, 5.41) is 13.7. The largest absolute Gasteiger partial charge is 0.422 e. The smallest absolute Gasteiger partial charge is 0.391 e. The van der Waals surface area contributed by atoms with E-state index >= 15 is 0 Å². The van der Waals surface area contributed by atoms with E-state index < -0.39 is 6.09 Å². The van der Waals surface area contributed by atoms with E-state index in [0.29, 0.717) is 17.3 Å². The highest BCUT2D eigenvalue weighted by molar-refractivity contribution is 5.88. The maximum atomic E-state index is 13.0. The molecular formula is C22H23N5O2. The third-order valence-corrected chi connectivity index (χ3v) is 4.25.